The van der Waals surface area contributed by atoms with E-state index in [0.29, 0.717) is 11.2 Å². The van der Waals surface area contributed by atoms with Crippen LogP contribution in [0.25, 0.3) is 10.8 Å². The zero-order chi connectivity index (χ0) is 13.9. The van der Waals surface area contributed by atoms with Gasteiger partial charge in [-0.2, -0.15) is 0 Å². The summed E-state index contributed by atoms with van der Waals surface area (Å²) in [5.74, 6) is 0. The highest BCUT2D eigenvalue weighted by atomic mass is 35.5. The van der Waals surface area contributed by atoms with Gasteiger partial charge < -0.3 is 4.57 Å². The van der Waals surface area contributed by atoms with Crippen LogP contribution in [0.4, 0.5) is 0 Å². The maximum Gasteiger partial charge on any atom is 0.128 e. The van der Waals surface area contributed by atoms with Crippen LogP contribution >= 0.6 is 11.6 Å². The Morgan fingerprint density at radius 2 is 1.95 bits per heavy atom. The summed E-state index contributed by atoms with van der Waals surface area (Å²) in [6.07, 6.45) is 5.58. The van der Waals surface area contributed by atoms with Gasteiger partial charge in [0.2, 0.25) is 0 Å². The molecule has 0 fully saturated rings. The molecule has 0 amide bonds. The number of benzene rings is 2. The molecule has 3 heteroatoms. The number of halogens is 1. The Balaban J connectivity index is 1.72. The van der Waals surface area contributed by atoms with E-state index in [-0.39, 0.29) is 0 Å². The van der Waals surface area contributed by atoms with Gasteiger partial charge in [0, 0.05) is 6.04 Å². The van der Waals surface area contributed by atoms with E-state index in [1.54, 1.807) is 12.5 Å². The van der Waals surface area contributed by atoms with Crippen molar-refractivity contribution in [1.29, 1.82) is 0 Å². The fraction of sp³-hybridized carbons (Fsp3) is 0.235. The third kappa shape index (κ3) is 2.70. The van der Waals surface area contributed by atoms with Crippen molar-refractivity contribution in [2.24, 2.45) is 0 Å². The van der Waals surface area contributed by atoms with Crippen LogP contribution in [0.2, 0.25) is 5.15 Å². The zero-order valence-corrected chi connectivity index (χ0v) is 12.2. The first-order valence-corrected chi connectivity index (χ1v) is 7.27. The summed E-state index contributed by atoms with van der Waals surface area (Å²) in [6.45, 7) is 2.18. The molecule has 20 heavy (non-hydrogen) atoms. The number of imidazole rings is 1. The summed E-state index contributed by atoms with van der Waals surface area (Å²) in [5, 5.41) is 3.30. The molecule has 2 aromatic carbocycles. The van der Waals surface area contributed by atoms with E-state index in [1.165, 1.54) is 16.3 Å². The molecule has 0 N–H and O–H groups in total. The molecule has 1 unspecified atom stereocenters. The maximum absolute atomic E-state index is 6.09. The fourth-order valence-corrected chi connectivity index (χ4v) is 2.79. The van der Waals surface area contributed by atoms with E-state index in [4.69, 9.17) is 11.6 Å². The molecule has 0 radical (unpaired) electrons. The molecule has 102 valence electrons. The molecule has 0 aliphatic heterocycles. The Morgan fingerprint density at radius 3 is 2.70 bits per heavy atom. The molecule has 1 aromatic heterocycles. The first-order chi connectivity index (χ1) is 9.74. The first-order valence-electron chi connectivity index (χ1n) is 6.89. The van der Waals surface area contributed by atoms with E-state index in [2.05, 4.69) is 54.4 Å². The average molecular weight is 285 g/mol. The van der Waals surface area contributed by atoms with Crippen molar-refractivity contribution in [2.75, 3.05) is 0 Å². The van der Waals surface area contributed by atoms with Gasteiger partial charge in [0.25, 0.3) is 0 Å². The van der Waals surface area contributed by atoms with Crippen LogP contribution < -0.4 is 0 Å². The lowest BCUT2D eigenvalue weighted by Crippen LogP contribution is -2.05. The quantitative estimate of drug-likeness (QED) is 0.667. The highest BCUT2D eigenvalue weighted by molar-refractivity contribution is 6.29. The number of aryl methyl sites for hydroxylation is 1. The number of aromatic nitrogens is 2. The molecule has 0 aliphatic rings. The second kappa shape index (κ2) is 5.68. The molecule has 1 heterocycles. The summed E-state index contributed by atoms with van der Waals surface area (Å²) in [4.78, 5) is 4.07. The van der Waals surface area contributed by atoms with Crippen molar-refractivity contribution in [3.05, 3.63) is 65.7 Å². The Kier molecular flexibility index (Phi) is 3.75. The van der Waals surface area contributed by atoms with Gasteiger partial charge in [-0.1, -0.05) is 54.1 Å². The van der Waals surface area contributed by atoms with Crippen LogP contribution in [0, 0.1) is 0 Å². The predicted molar refractivity (Wildman–Crippen MR) is 84.2 cm³/mol. The van der Waals surface area contributed by atoms with Gasteiger partial charge in [0.05, 0.1) is 12.5 Å². The van der Waals surface area contributed by atoms with Crippen molar-refractivity contribution < 1.29 is 0 Å². The summed E-state index contributed by atoms with van der Waals surface area (Å²) in [5.41, 5.74) is 1.37. The number of hydrogen-bond acceptors (Lipinski definition) is 1. The summed E-state index contributed by atoms with van der Waals surface area (Å²) in [7, 11) is 0. The van der Waals surface area contributed by atoms with E-state index in [1.807, 2.05) is 4.57 Å². The van der Waals surface area contributed by atoms with Gasteiger partial charge in [-0.05, 0) is 36.1 Å². The number of fused-ring (bicyclic) bond motifs is 1. The monoisotopic (exact) mass is 284 g/mol. The van der Waals surface area contributed by atoms with Gasteiger partial charge in [-0.3, -0.25) is 0 Å². The third-order valence-electron chi connectivity index (χ3n) is 3.76. The van der Waals surface area contributed by atoms with Crippen molar-refractivity contribution in [2.45, 2.75) is 25.8 Å². The lowest BCUT2D eigenvalue weighted by Gasteiger charge is -2.14. The van der Waals surface area contributed by atoms with E-state index in [9.17, 15) is 0 Å². The Bertz CT molecular complexity index is 718. The van der Waals surface area contributed by atoms with Crippen LogP contribution in [-0.4, -0.2) is 9.55 Å². The summed E-state index contributed by atoms with van der Waals surface area (Å²) >= 11 is 6.09. The molecular formula is C17H17ClN2. The second-order valence-electron chi connectivity index (χ2n) is 5.19. The van der Waals surface area contributed by atoms with Crippen LogP contribution in [0.15, 0.2) is 55.0 Å². The van der Waals surface area contributed by atoms with Crippen molar-refractivity contribution >= 4 is 22.4 Å². The van der Waals surface area contributed by atoms with Gasteiger partial charge in [0.15, 0.2) is 0 Å². The highest BCUT2D eigenvalue weighted by Gasteiger charge is 2.08. The average Bonchev–Trinajstić information content (AvgIpc) is 2.91. The van der Waals surface area contributed by atoms with E-state index >= 15 is 0 Å². The topological polar surface area (TPSA) is 17.8 Å². The third-order valence-corrected chi connectivity index (χ3v) is 4.05. The van der Waals surface area contributed by atoms with Gasteiger partial charge >= 0.3 is 0 Å². The lowest BCUT2D eigenvalue weighted by molar-refractivity contribution is 0.507. The van der Waals surface area contributed by atoms with Crippen LogP contribution in [0.5, 0.6) is 0 Å². The number of rotatable bonds is 4. The van der Waals surface area contributed by atoms with Crippen molar-refractivity contribution in [1.82, 2.24) is 9.55 Å². The van der Waals surface area contributed by atoms with Crippen LogP contribution in [-0.2, 0) is 6.42 Å². The largest absolute Gasteiger partial charge is 0.319 e. The number of nitrogens with zero attached hydrogens (tertiary/aromatic N) is 2. The molecule has 0 bridgehead atoms. The highest BCUT2D eigenvalue weighted by Crippen LogP contribution is 2.21. The van der Waals surface area contributed by atoms with Gasteiger partial charge in [-0.15, -0.1) is 0 Å². The molecule has 0 spiro atoms. The molecule has 1 atom stereocenters. The molecule has 3 aromatic rings. The normalized spacial score (nSPS) is 12.7. The SMILES string of the molecule is CC(CCc1ccc2ccccc2c1)n1cncc1Cl. The van der Waals surface area contributed by atoms with Gasteiger partial charge in [-0.25, -0.2) is 4.98 Å². The van der Waals surface area contributed by atoms with Crippen molar-refractivity contribution in [3.8, 4) is 0 Å². The molecule has 0 saturated heterocycles. The smallest absolute Gasteiger partial charge is 0.128 e. The summed E-state index contributed by atoms with van der Waals surface area (Å²) in [6, 6.07) is 15.5. The fourth-order valence-electron chi connectivity index (χ4n) is 2.52. The molecule has 0 saturated carbocycles. The summed E-state index contributed by atoms with van der Waals surface area (Å²) < 4.78 is 2.02. The first kappa shape index (κ1) is 13.2. The minimum Gasteiger partial charge on any atom is -0.319 e. The van der Waals surface area contributed by atoms with E-state index < -0.39 is 0 Å². The van der Waals surface area contributed by atoms with Gasteiger partial charge in [0.1, 0.15) is 5.15 Å². The lowest BCUT2D eigenvalue weighted by atomic mass is 10.0. The minimum atomic E-state index is 0.358. The molecular weight excluding hydrogens is 268 g/mol. The standard InChI is InChI=1S/C17H17ClN2/c1-13(20-12-19-11-17(20)18)6-7-14-8-9-15-4-2-3-5-16(15)10-14/h2-5,8-13H,6-7H2,1H3. The second-order valence-corrected chi connectivity index (χ2v) is 5.58. The Morgan fingerprint density at radius 1 is 1.15 bits per heavy atom. The van der Waals surface area contributed by atoms with Crippen LogP contribution in [0.1, 0.15) is 24.9 Å². The predicted octanol–water partition coefficient (Wildman–Crippen LogP) is 4.88. The molecule has 0 aliphatic carbocycles. The Labute approximate surface area is 124 Å². The maximum atomic E-state index is 6.09. The molecule has 3 rings (SSSR count). The minimum absolute atomic E-state index is 0.358. The zero-order valence-electron chi connectivity index (χ0n) is 11.5. The van der Waals surface area contributed by atoms with Crippen molar-refractivity contribution in [3.63, 3.8) is 0 Å². The van der Waals surface area contributed by atoms with Crippen LogP contribution in [0.3, 0.4) is 0 Å². The van der Waals surface area contributed by atoms with E-state index in [0.717, 1.165) is 12.8 Å². The molecule has 2 nitrogen and oxygen atoms in total. The number of hydrogen-bond donors (Lipinski definition) is 0. The Hall–Kier alpha value is -1.80.